The van der Waals surface area contributed by atoms with Gasteiger partial charge in [0.2, 0.25) is 0 Å². The Morgan fingerprint density at radius 2 is 1.79 bits per heavy atom. The normalized spacial score (nSPS) is 9.83. The van der Waals surface area contributed by atoms with Crippen LogP contribution >= 0.6 is 0 Å². The lowest BCUT2D eigenvalue weighted by Crippen LogP contribution is -2.20. The summed E-state index contributed by atoms with van der Waals surface area (Å²) < 4.78 is 21.0. The summed E-state index contributed by atoms with van der Waals surface area (Å²) in [5, 5.41) is 11.2. The number of carbonyl (C=O) groups is 2. The highest BCUT2D eigenvalue weighted by Gasteiger charge is 2.14. The third kappa shape index (κ3) is 6.43. The van der Waals surface area contributed by atoms with Gasteiger partial charge in [0.25, 0.3) is 5.91 Å². The van der Waals surface area contributed by atoms with Crippen molar-refractivity contribution in [2.24, 2.45) is 0 Å². The summed E-state index contributed by atoms with van der Waals surface area (Å²) in [6, 6.07) is 13.5. The summed E-state index contributed by atoms with van der Waals surface area (Å²) in [4.78, 5) is 24.2. The van der Waals surface area contributed by atoms with E-state index in [2.05, 4.69) is 5.32 Å². The highest BCUT2D eigenvalue weighted by Crippen LogP contribution is 2.29. The summed E-state index contributed by atoms with van der Waals surface area (Å²) in [7, 11) is 2.95. The molecule has 0 saturated carbocycles. The van der Waals surface area contributed by atoms with Gasteiger partial charge in [0.1, 0.15) is 5.75 Å². The summed E-state index contributed by atoms with van der Waals surface area (Å²) >= 11 is 0. The minimum Gasteiger partial charge on any atom is -0.495 e. The third-order valence-corrected chi connectivity index (χ3v) is 3.81. The standard InChI is InChI=1S/C21H22N2O6/c1-26-17-8-4-3-7-16(17)23-20(24)14-29-18-10-9-15(13-19(18)27-2)21(25)28-12-6-5-11-22/h3-4,7-10,13H,5-6,12,14H2,1-2H3,(H,23,24). The van der Waals surface area contributed by atoms with Crippen molar-refractivity contribution in [2.75, 3.05) is 32.8 Å². The molecule has 0 atom stereocenters. The molecule has 0 aliphatic heterocycles. The van der Waals surface area contributed by atoms with Crippen molar-refractivity contribution in [3.8, 4) is 23.3 Å². The number of unbranched alkanes of at least 4 members (excludes halogenated alkanes) is 1. The zero-order valence-electron chi connectivity index (χ0n) is 16.3. The highest BCUT2D eigenvalue weighted by atomic mass is 16.5. The van der Waals surface area contributed by atoms with Gasteiger partial charge in [-0.05, 0) is 36.8 Å². The molecular weight excluding hydrogens is 376 g/mol. The van der Waals surface area contributed by atoms with Crippen molar-refractivity contribution in [3.63, 3.8) is 0 Å². The molecule has 0 bridgehead atoms. The fourth-order valence-electron chi connectivity index (χ4n) is 2.39. The molecule has 0 spiro atoms. The zero-order chi connectivity index (χ0) is 21.1. The molecule has 8 heteroatoms. The lowest BCUT2D eigenvalue weighted by molar-refractivity contribution is -0.118. The number of para-hydroxylation sites is 2. The molecule has 29 heavy (non-hydrogen) atoms. The molecule has 0 saturated heterocycles. The number of anilines is 1. The number of esters is 1. The number of ether oxygens (including phenoxy) is 4. The average Bonchev–Trinajstić information content (AvgIpc) is 2.75. The highest BCUT2D eigenvalue weighted by molar-refractivity contribution is 5.93. The van der Waals surface area contributed by atoms with Gasteiger partial charge in [-0.3, -0.25) is 4.79 Å². The SMILES string of the molecule is COc1ccccc1NC(=O)COc1ccc(C(=O)OCCCC#N)cc1OC. The number of hydrogen-bond acceptors (Lipinski definition) is 7. The topological polar surface area (TPSA) is 107 Å². The van der Waals surface area contributed by atoms with Gasteiger partial charge in [0, 0.05) is 6.42 Å². The smallest absolute Gasteiger partial charge is 0.338 e. The van der Waals surface area contributed by atoms with Gasteiger partial charge in [-0.1, -0.05) is 12.1 Å². The number of methoxy groups -OCH3 is 2. The van der Waals surface area contributed by atoms with Crippen molar-refractivity contribution in [1.82, 2.24) is 0 Å². The number of hydrogen-bond donors (Lipinski definition) is 1. The quantitative estimate of drug-likeness (QED) is 0.484. The van der Waals surface area contributed by atoms with Crippen LogP contribution in [0.25, 0.3) is 0 Å². The Kier molecular flexibility index (Phi) is 8.32. The third-order valence-electron chi connectivity index (χ3n) is 3.81. The van der Waals surface area contributed by atoms with Gasteiger partial charge in [-0.15, -0.1) is 0 Å². The lowest BCUT2D eigenvalue weighted by Gasteiger charge is -2.13. The fraction of sp³-hybridized carbons (Fsp3) is 0.286. The molecular formula is C21H22N2O6. The van der Waals surface area contributed by atoms with Crippen LogP contribution in [0.5, 0.6) is 17.2 Å². The van der Waals surface area contributed by atoms with E-state index in [4.69, 9.17) is 24.2 Å². The molecule has 2 rings (SSSR count). The number of nitrogens with one attached hydrogen (secondary N) is 1. The summed E-state index contributed by atoms with van der Waals surface area (Å²) in [5.41, 5.74) is 0.815. The predicted octanol–water partition coefficient (Wildman–Crippen LogP) is 3.18. The second kappa shape index (κ2) is 11.2. The Balaban J connectivity index is 1.95. The molecule has 0 unspecified atom stereocenters. The molecule has 0 aliphatic rings. The second-order valence-electron chi connectivity index (χ2n) is 5.80. The van der Waals surface area contributed by atoms with Crippen molar-refractivity contribution < 1.29 is 28.5 Å². The number of benzene rings is 2. The Labute approximate surface area is 168 Å². The van der Waals surface area contributed by atoms with Crippen molar-refractivity contribution in [1.29, 1.82) is 5.26 Å². The largest absolute Gasteiger partial charge is 0.495 e. The average molecular weight is 398 g/mol. The van der Waals surface area contributed by atoms with Gasteiger partial charge in [0.15, 0.2) is 18.1 Å². The Morgan fingerprint density at radius 3 is 2.52 bits per heavy atom. The van der Waals surface area contributed by atoms with Crippen molar-refractivity contribution >= 4 is 17.6 Å². The molecule has 1 N–H and O–H groups in total. The first kappa shape index (κ1) is 21.6. The van der Waals surface area contributed by atoms with Crippen molar-refractivity contribution in [3.05, 3.63) is 48.0 Å². The molecule has 2 aromatic rings. The van der Waals surface area contributed by atoms with Crippen LogP contribution in [0.15, 0.2) is 42.5 Å². The minimum absolute atomic E-state index is 0.163. The monoisotopic (exact) mass is 398 g/mol. The van der Waals surface area contributed by atoms with E-state index in [0.717, 1.165) is 0 Å². The van der Waals surface area contributed by atoms with E-state index in [1.165, 1.54) is 32.4 Å². The lowest BCUT2D eigenvalue weighted by atomic mass is 10.2. The summed E-state index contributed by atoms with van der Waals surface area (Å²) in [5.74, 6) is 0.237. The van der Waals surface area contributed by atoms with Crippen LogP contribution in [-0.2, 0) is 9.53 Å². The maximum atomic E-state index is 12.2. The molecule has 0 aliphatic carbocycles. The van der Waals surface area contributed by atoms with Crippen LogP contribution in [0.1, 0.15) is 23.2 Å². The molecule has 152 valence electrons. The number of amides is 1. The number of carbonyl (C=O) groups excluding carboxylic acids is 2. The molecule has 8 nitrogen and oxygen atoms in total. The van der Waals surface area contributed by atoms with Crippen LogP contribution in [0.3, 0.4) is 0 Å². The van der Waals surface area contributed by atoms with Crippen LogP contribution in [0.2, 0.25) is 0 Å². The maximum Gasteiger partial charge on any atom is 0.338 e. The van der Waals surface area contributed by atoms with E-state index >= 15 is 0 Å². The van der Waals surface area contributed by atoms with E-state index in [1.807, 2.05) is 6.07 Å². The van der Waals surface area contributed by atoms with Crippen LogP contribution in [0.4, 0.5) is 5.69 Å². The number of rotatable bonds is 10. The van der Waals surface area contributed by atoms with Crippen molar-refractivity contribution in [2.45, 2.75) is 12.8 Å². The predicted molar refractivity (Wildman–Crippen MR) is 105 cm³/mol. The first-order chi connectivity index (χ1) is 14.1. The van der Waals surface area contributed by atoms with Gasteiger partial charge >= 0.3 is 5.97 Å². The Bertz CT molecular complexity index is 891. The van der Waals surface area contributed by atoms with E-state index in [9.17, 15) is 9.59 Å². The number of nitriles is 1. The van der Waals surface area contributed by atoms with Crippen LogP contribution in [-0.4, -0.2) is 39.3 Å². The van der Waals surface area contributed by atoms with Gasteiger partial charge < -0.3 is 24.3 Å². The van der Waals surface area contributed by atoms with Crippen LogP contribution in [0, 0.1) is 11.3 Å². The second-order valence-corrected chi connectivity index (χ2v) is 5.80. The Morgan fingerprint density at radius 1 is 1.03 bits per heavy atom. The number of nitrogens with zero attached hydrogens (tertiary/aromatic N) is 1. The molecule has 0 fully saturated rings. The molecule has 0 radical (unpaired) electrons. The minimum atomic E-state index is -0.526. The zero-order valence-corrected chi connectivity index (χ0v) is 16.3. The van der Waals surface area contributed by atoms with E-state index < -0.39 is 5.97 Å². The molecule has 0 aromatic heterocycles. The van der Waals surface area contributed by atoms with Crippen LogP contribution < -0.4 is 19.5 Å². The summed E-state index contributed by atoms with van der Waals surface area (Å²) in [6.07, 6.45) is 0.794. The molecule has 0 heterocycles. The van der Waals surface area contributed by atoms with Gasteiger partial charge in [-0.2, -0.15) is 5.26 Å². The van der Waals surface area contributed by atoms with E-state index in [0.29, 0.717) is 35.8 Å². The van der Waals surface area contributed by atoms with Gasteiger partial charge in [0.05, 0.1) is 38.1 Å². The van der Waals surface area contributed by atoms with E-state index in [1.54, 1.807) is 24.3 Å². The maximum absolute atomic E-state index is 12.2. The Hall–Kier alpha value is -3.73. The summed E-state index contributed by atoms with van der Waals surface area (Å²) in [6.45, 7) is -0.0948. The first-order valence-electron chi connectivity index (χ1n) is 8.86. The van der Waals surface area contributed by atoms with Gasteiger partial charge in [-0.25, -0.2) is 4.79 Å². The molecule has 1 amide bonds. The molecule has 2 aromatic carbocycles. The van der Waals surface area contributed by atoms with E-state index in [-0.39, 0.29) is 24.7 Å². The fourth-order valence-corrected chi connectivity index (χ4v) is 2.39. The first-order valence-corrected chi connectivity index (χ1v) is 8.86.